The lowest BCUT2D eigenvalue weighted by atomic mass is 9.87. The molecule has 0 aromatic carbocycles. The molecule has 3 atom stereocenters. The van der Waals surface area contributed by atoms with Crippen LogP contribution in [0, 0.1) is 5.41 Å². The van der Waals surface area contributed by atoms with E-state index in [9.17, 15) is 0 Å². The third kappa shape index (κ3) is 4.69. The highest BCUT2D eigenvalue weighted by molar-refractivity contribution is 4.92. The molecule has 0 N–H and O–H groups in total. The highest BCUT2D eigenvalue weighted by Gasteiger charge is 2.36. The molecule has 22 heavy (non-hydrogen) atoms. The van der Waals surface area contributed by atoms with Crippen LogP contribution >= 0.6 is 0 Å². The van der Waals surface area contributed by atoms with Gasteiger partial charge in [0.1, 0.15) is 0 Å². The predicted octanol–water partition coefficient (Wildman–Crippen LogP) is 3.30. The maximum Gasteiger partial charge on any atom is 0.0126 e. The van der Waals surface area contributed by atoms with Crippen LogP contribution in [-0.2, 0) is 0 Å². The van der Waals surface area contributed by atoms with E-state index >= 15 is 0 Å². The Morgan fingerprint density at radius 3 is 1.82 bits per heavy atom. The average Bonchev–Trinajstić information content (AvgIpc) is 2.41. The minimum Gasteiger partial charge on any atom is -0.298 e. The second-order valence-corrected chi connectivity index (χ2v) is 9.22. The minimum absolute atomic E-state index is 0.401. The smallest absolute Gasteiger partial charge is 0.0126 e. The molecular formula is C19H39N3. The SMILES string of the molecule is CC(C)N1CCN(C2C[C@@H](C)N(CC(C)(C)C)[C@@H](C)C2)CC1. The van der Waals surface area contributed by atoms with E-state index in [1.807, 2.05) is 0 Å². The number of likely N-dealkylation sites (tertiary alicyclic amines) is 1. The minimum atomic E-state index is 0.401. The molecule has 0 aliphatic carbocycles. The Hall–Kier alpha value is -0.120. The van der Waals surface area contributed by atoms with Gasteiger partial charge in [-0.3, -0.25) is 14.7 Å². The van der Waals surface area contributed by atoms with Gasteiger partial charge < -0.3 is 0 Å². The lowest BCUT2D eigenvalue weighted by Crippen LogP contribution is -2.58. The van der Waals surface area contributed by atoms with Crippen molar-refractivity contribution >= 4 is 0 Å². The summed E-state index contributed by atoms with van der Waals surface area (Å²) in [5.41, 5.74) is 0.401. The van der Waals surface area contributed by atoms with Gasteiger partial charge in [0.15, 0.2) is 0 Å². The monoisotopic (exact) mass is 309 g/mol. The zero-order valence-electron chi connectivity index (χ0n) is 16.1. The standard InChI is InChI=1S/C19H39N3/c1-15(2)20-8-10-21(11-9-20)18-12-16(3)22(17(4)13-18)14-19(5,6)7/h15-18H,8-14H2,1-7H3/t16-,17+,18?. The van der Waals surface area contributed by atoms with Gasteiger partial charge in [-0.05, 0) is 46.0 Å². The molecule has 2 fully saturated rings. The van der Waals surface area contributed by atoms with Gasteiger partial charge in [0.05, 0.1) is 0 Å². The third-order valence-electron chi connectivity index (χ3n) is 5.61. The first kappa shape index (κ1) is 18.2. The molecule has 130 valence electrons. The zero-order chi connectivity index (χ0) is 16.5. The van der Waals surface area contributed by atoms with E-state index in [2.05, 4.69) is 63.2 Å². The zero-order valence-corrected chi connectivity index (χ0v) is 16.1. The fourth-order valence-corrected chi connectivity index (χ4v) is 4.37. The summed E-state index contributed by atoms with van der Waals surface area (Å²) in [6.45, 7) is 22.9. The van der Waals surface area contributed by atoms with Gasteiger partial charge in [-0.15, -0.1) is 0 Å². The lowest BCUT2D eigenvalue weighted by Gasteiger charge is -2.49. The topological polar surface area (TPSA) is 9.72 Å². The number of piperidine rings is 1. The van der Waals surface area contributed by atoms with Crippen LogP contribution in [0.2, 0.25) is 0 Å². The van der Waals surface area contributed by atoms with E-state index in [1.54, 1.807) is 0 Å². The van der Waals surface area contributed by atoms with Crippen LogP contribution < -0.4 is 0 Å². The lowest BCUT2D eigenvalue weighted by molar-refractivity contribution is -0.00400. The maximum absolute atomic E-state index is 2.78. The summed E-state index contributed by atoms with van der Waals surface area (Å²) in [5, 5.41) is 0. The van der Waals surface area contributed by atoms with E-state index in [-0.39, 0.29) is 0 Å². The predicted molar refractivity (Wildman–Crippen MR) is 96.4 cm³/mol. The number of hydrogen-bond acceptors (Lipinski definition) is 3. The number of piperazine rings is 1. The van der Waals surface area contributed by atoms with Gasteiger partial charge in [-0.2, -0.15) is 0 Å². The molecule has 3 nitrogen and oxygen atoms in total. The van der Waals surface area contributed by atoms with Gasteiger partial charge >= 0.3 is 0 Å². The Morgan fingerprint density at radius 1 is 0.909 bits per heavy atom. The fourth-order valence-electron chi connectivity index (χ4n) is 4.37. The maximum atomic E-state index is 2.78. The first-order chi connectivity index (χ1) is 10.2. The molecular weight excluding hydrogens is 270 g/mol. The molecule has 2 rings (SSSR count). The average molecular weight is 310 g/mol. The molecule has 0 amide bonds. The molecule has 2 aliphatic heterocycles. The summed E-state index contributed by atoms with van der Waals surface area (Å²) in [6, 6.07) is 2.94. The van der Waals surface area contributed by atoms with Crippen LogP contribution in [0.3, 0.4) is 0 Å². The van der Waals surface area contributed by atoms with Crippen molar-refractivity contribution in [2.75, 3.05) is 32.7 Å². The van der Waals surface area contributed by atoms with Crippen LogP contribution in [0.25, 0.3) is 0 Å². The van der Waals surface area contributed by atoms with E-state index in [1.165, 1.54) is 45.6 Å². The van der Waals surface area contributed by atoms with Crippen LogP contribution in [0.5, 0.6) is 0 Å². The molecule has 2 saturated heterocycles. The molecule has 0 aromatic rings. The van der Waals surface area contributed by atoms with Crippen LogP contribution in [-0.4, -0.2) is 71.6 Å². The Labute approximate surface area is 139 Å². The van der Waals surface area contributed by atoms with E-state index in [0.717, 1.165) is 18.1 Å². The Morgan fingerprint density at radius 2 is 1.41 bits per heavy atom. The van der Waals surface area contributed by atoms with Gasteiger partial charge in [-0.1, -0.05) is 20.8 Å². The summed E-state index contributed by atoms with van der Waals surface area (Å²) in [7, 11) is 0. The van der Waals surface area contributed by atoms with Crippen LogP contribution in [0.4, 0.5) is 0 Å². The first-order valence-electron chi connectivity index (χ1n) is 9.41. The second-order valence-electron chi connectivity index (χ2n) is 9.22. The molecule has 2 aliphatic rings. The highest BCUT2D eigenvalue weighted by Crippen LogP contribution is 2.30. The molecule has 0 aromatic heterocycles. The van der Waals surface area contributed by atoms with Gasteiger partial charge in [0.25, 0.3) is 0 Å². The highest BCUT2D eigenvalue weighted by atomic mass is 15.3. The summed E-state index contributed by atoms with van der Waals surface area (Å²) < 4.78 is 0. The normalized spacial score (nSPS) is 33.5. The molecule has 3 heteroatoms. The van der Waals surface area contributed by atoms with Crippen molar-refractivity contribution in [1.82, 2.24) is 14.7 Å². The Balaban J connectivity index is 1.89. The molecule has 2 heterocycles. The molecule has 1 unspecified atom stereocenters. The summed E-state index contributed by atoms with van der Waals surface area (Å²) in [5.74, 6) is 0. The Bertz CT molecular complexity index is 327. The fraction of sp³-hybridized carbons (Fsp3) is 1.00. The van der Waals surface area contributed by atoms with Crippen molar-refractivity contribution in [3.63, 3.8) is 0 Å². The largest absolute Gasteiger partial charge is 0.298 e. The first-order valence-corrected chi connectivity index (χ1v) is 9.41. The van der Waals surface area contributed by atoms with Crippen molar-refractivity contribution in [3.05, 3.63) is 0 Å². The second kappa shape index (κ2) is 7.19. The van der Waals surface area contributed by atoms with Crippen molar-refractivity contribution in [1.29, 1.82) is 0 Å². The van der Waals surface area contributed by atoms with Crippen LogP contribution in [0.15, 0.2) is 0 Å². The van der Waals surface area contributed by atoms with E-state index in [0.29, 0.717) is 11.5 Å². The molecule has 0 saturated carbocycles. The van der Waals surface area contributed by atoms with E-state index < -0.39 is 0 Å². The summed E-state index contributed by atoms with van der Waals surface area (Å²) >= 11 is 0. The Kier molecular flexibility index (Phi) is 5.95. The van der Waals surface area contributed by atoms with Crippen molar-refractivity contribution < 1.29 is 0 Å². The molecule has 0 bridgehead atoms. The quantitative estimate of drug-likeness (QED) is 0.792. The van der Waals surface area contributed by atoms with Crippen molar-refractivity contribution in [2.24, 2.45) is 5.41 Å². The summed E-state index contributed by atoms with van der Waals surface area (Å²) in [4.78, 5) is 8.15. The van der Waals surface area contributed by atoms with Crippen LogP contribution in [0.1, 0.15) is 61.3 Å². The molecule has 0 radical (unpaired) electrons. The third-order valence-corrected chi connectivity index (χ3v) is 5.61. The van der Waals surface area contributed by atoms with Gasteiger partial charge in [0, 0.05) is 56.9 Å². The number of nitrogens with zero attached hydrogens (tertiary/aromatic N) is 3. The number of hydrogen-bond donors (Lipinski definition) is 0. The molecule has 0 spiro atoms. The van der Waals surface area contributed by atoms with E-state index in [4.69, 9.17) is 0 Å². The van der Waals surface area contributed by atoms with Crippen molar-refractivity contribution in [3.8, 4) is 0 Å². The number of rotatable bonds is 3. The van der Waals surface area contributed by atoms with Gasteiger partial charge in [0.2, 0.25) is 0 Å². The van der Waals surface area contributed by atoms with Gasteiger partial charge in [-0.25, -0.2) is 0 Å². The van der Waals surface area contributed by atoms with Crippen molar-refractivity contribution in [2.45, 2.75) is 85.5 Å². The summed E-state index contributed by atoms with van der Waals surface area (Å²) in [6.07, 6.45) is 2.70.